The number of quaternary nitrogens is 1. The van der Waals surface area contributed by atoms with Gasteiger partial charge in [-0.25, -0.2) is 0 Å². The Morgan fingerprint density at radius 2 is 1.04 bits per heavy atom. The molecule has 0 N–H and O–H groups in total. The van der Waals surface area contributed by atoms with Crippen LogP contribution in [0, 0.1) is 0 Å². The predicted molar refractivity (Wildman–Crippen MR) is 110 cm³/mol. The summed E-state index contributed by atoms with van der Waals surface area (Å²) in [5.74, 6) is 0. The Morgan fingerprint density at radius 3 is 1.64 bits per heavy atom. The Balaban J connectivity index is 1.46. The molecule has 2 aromatic rings. The van der Waals surface area contributed by atoms with Crippen molar-refractivity contribution in [3.63, 3.8) is 0 Å². The monoisotopic (exact) mass is 338 g/mol. The fourth-order valence-corrected chi connectivity index (χ4v) is 3.55. The van der Waals surface area contributed by atoms with E-state index in [4.69, 9.17) is 0 Å². The number of rotatable bonds is 12. The number of benzene rings is 2. The third kappa shape index (κ3) is 8.88. The van der Waals surface area contributed by atoms with E-state index in [0.717, 1.165) is 11.0 Å². The highest BCUT2D eigenvalue weighted by molar-refractivity contribution is 5.14. The van der Waals surface area contributed by atoms with Crippen molar-refractivity contribution < 1.29 is 4.48 Å². The van der Waals surface area contributed by atoms with Gasteiger partial charge in [-0.05, 0) is 31.2 Å². The molecule has 1 heteroatoms. The van der Waals surface area contributed by atoms with Crippen LogP contribution in [0.25, 0.3) is 0 Å². The predicted octanol–water partition coefficient (Wildman–Crippen LogP) is 6.24. The summed E-state index contributed by atoms with van der Waals surface area (Å²) in [7, 11) is 4.72. The van der Waals surface area contributed by atoms with Crippen molar-refractivity contribution >= 4 is 0 Å². The van der Waals surface area contributed by atoms with E-state index in [2.05, 4.69) is 74.8 Å². The van der Waals surface area contributed by atoms with E-state index in [0.29, 0.717) is 0 Å². The molecule has 0 atom stereocenters. The number of hydrogen-bond donors (Lipinski definition) is 0. The van der Waals surface area contributed by atoms with Crippen molar-refractivity contribution in [2.45, 2.75) is 57.9 Å². The minimum Gasteiger partial charge on any atom is -0.325 e. The van der Waals surface area contributed by atoms with Crippen molar-refractivity contribution in [1.82, 2.24) is 0 Å². The molecule has 0 bridgehead atoms. The van der Waals surface area contributed by atoms with E-state index in [9.17, 15) is 0 Å². The lowest BCUT2D eigenvalue weighted by Gasteiger charge is -2.30. The van der Waals surface area contributed by atoms with Gasteiger partial charge < -0.3 is 4.48 Å². The van der Waals surface area contributed by atoms with Gasteiger partial charge in [-0.2, -0.15) is 0 Å². The van der Waals surface area contributed by atoms with Crippen LogP contribution in [0.5, 0.6) is 0 Å². The van der Waals surface area contributed by atoms with Gasteiger partial charge >= 0.3 is 0 Å². The summed E-state index contributed by atoms with van der Waals surface area (Å²) in [5.41, 5.74) is 2.94. The third-order valence-electron chi connectivity index (χ3n) is 5.03. The SMILES string of the molecule is C[N+](C)(CCCCCCCCCc1ccccc1)Cc1ccccc1. The van der Waals surface area contributed by atoms with Crippen molar-refractivity contribution in [2.24, 2.45) is 0 Å². The van der Waals surface area contributed by atoms with Crippen LogP contribution >= 0.6 is 0 Å². The number of unbranched alkanes of at least 4 members (excludes halogenated alkanes) is 6. The van der Waals surface area contributed by atoms with Crippen LogP contribution in [0.3, 0.4) is 0 Å². The van der Waals surface area contributed by atoms with Gasteiger partial charge in [-0.3, -0.25) is 0 Å². The van der Waals surface area contributed by atoms with Crippen molar-refractivity contribution in [3.8, 4) is 0 Å². The van der Waals surface area contributed by atoms with Gasteiger partial charge in [0.1, 0.15) is 6.54 Å². The first-order chi connectivity index (χ1) is 12.2. The average molecular weight is 339 g/mol. The Kier molecular flexibility index (Phi) is 8.76. The topological polar surface area (TPSA) is 0 Å². The van der Waals surface area contributed by atoms with Crippen LogP contribution < -0.4 is 0 Å². The van der Waals surface area contributed by atoms with Crippen LogP contribution in [0.2, 0.25) is 0 Å². The minimum absolute atomic E-state index is 1.10. The molecule has 0 amide bonds. The van der Waals surface area contributed by atoms with Gasteiger partial charge in [0.2, 0.25) is 0 Å². The first kappa shape index (κ1) is 19.7. The molecule has 0 fully saturated rings. The van der Waals surface area contributed by atoms with E-state index in [1.54, 1.807) is 0 Å². The summed E-state index contributed by atoms with van der Waals surface area (Å²) < 4.78 is 1.10. The molecule has 0 unspecified atom stereocenters. The minimum atomic E-state index is 1.10. The van der Waals surface area contributed by atoms with Crippen molar-refractivity contribution in [3.05, 3.63) is 71.8 Å². The molecule has 2 rings (SSSR count). The maximum Gasteiger partial charge on any atom is 0.104 e. The van der Waals surface area contributed by atoms with Crippen molar-refractivity contribution in [1.29, 1.82) is 0 Å². The second-order valence-corrected chi connectivity index (χ2v) is 8.01. The zero-order valence-electron chi connectivity index (χ0n) is 16.3. The molecule has 0 radical (unpaired) electrons. The third-order valence-corrected chi connectivity index (χ3v) is 5.03. The quantitative estimate of drug-likeness (QED) is 0.317. The standard InChI is InChI=1S/C24H36N/c1-25(2,22-24-19-13-9-14-20-24)21-15-7-5-3-4-6-10-16-23-17-11-8-12-18-23/h8-9,11-14,17-20H,3-7,10,15-16,21-22H2,1-2H3/q+1. The average Bonchev–Trinajstić information content (AvgIpc) is 2.61. The van der Waals surface area contributed by atoms with E-state index < -0.39 is 0 Å². The molecule has 0 saturated carbocycles. The van der Waals surface area contributed by atoms with Crippen LogP contribution in [-0.2, 0) is 13.0 Å². The smallest absolute Gasteiger partial charge is 0.104 e. The fraction of sp³-hybridized carbons (Fsp3) is 0.500. The van der Waals surface area contributed by atoms with Crippen LogP contribution in [0.4, 0.5) is 0 Å². The molecule has 0 aromatic heterocycles. The highest BCUT2D eigenvalue weighted by Gasteiger charge is 2.14. The van der Waals surface area contributed by atoms with Crippen LogP contribution in [-0.4, -0.2) is 25.1 Å². The maximum absolute atomic E-state index is 2.36. The normalized spacial score (nSPS) is 11.6. The molecule has 0 aliphatic rings. The summed E-state index contributed by atoms with van der Waals surface area (Å²) in [6.45, 7) is 2.42. The largest absolute Gasteiger partial charge is 0.325 e. The van der Waals surface area contributed by atoms with Crippen molar-refractivity contribution in [2.75, 3.05) is 20.6 Å². The van der Waals surface area contributed by atoms with Gasteiger partial charge in [0.05, 0.1) is 20.6 Å². The highest BCUT2D eigenvalue weighted by atomic mass is 15.3. The molecule has 0 heterocycles. The summed E-state index contributed by atoms with van der Waals surface area (Å²) in [6, 6.07) is 21.8. The zero-order valence-corrected chi connectivity index (χ0v) is 16.3. The Bertz CT molecular complexity index is 559. The van der Waals surface area contributed by atoms with E-state index in [-0.39, 0.29) is 0 Å². The Hall–Kier alpha value is -1.60. The highest BCUT2D eigenvalue weighted by Crippen LogP contribution is 2.14. The van der Waals surface area contributed by atoms with Crippen LogP contribution in [0.15, 0.2) is 60.7 Å². The first-order valence-electron chi connectivity index (χ1n) is 10.1. The second-order valence-electron chi connectivity index (χ2n) is 8.01. The number of aryl methyl sites for hydroxylation is 1. The Labute approximate surface area is 155 Å². The molecule has 1 nitrogen and oxygen atoms in total. The molecular weight excluding hydrogens is 302 g/mol. The van der Waals surface area contributed by atoms with Gasteiger partial charge in [0.15, 0.2) is 0 Å². The summed E-state index contributed by atoms with van der Waals surface area (Å²) in [4.78, 5) is 0. The maximum atomic E-state index is 2.36. The van der Waals surface area contributed by atoms with Gasteiger partial charge in [-0.1, -0.05) is 86.3 Å². The van der Waals surface area contributed by atoms with E-state index in [1.807, 2.05) is 0 Å². The molecule has 0 aliphatic heterocycles. The Morgan fingerprint density at radius 1 is 0.560 bits per heavy atom. The molecule has 0 aliphatic carbocycles. The van der Waals surface area contributed by atoms with Gasteiger partial charge in [0, 0.05) is 5.56 Å². The van der Waals surface area contributed by atoms with Gasteiger partial charge in [0.25, 0.3) is 0 Å². The molecule has 0 spiro atoms. The zero-order chi connectivity index (χ0) is 17.8. The van der Waals surface area contributed by atoms with Gasteiger partial charge in [-0.15, -0.1) is 0 Å². The molecule has 2 aromatic carbocycles. The molecular formula is C24H36N+. The second kappa shape index (κ2) is 11.1. The van der Waals surface area contributed by atoms with E-state index >= 15 is 0 Å². The van der Waals surface area contributed by atoms with Crippen LogP contribution in [0.1, 0.15) is 56.1 Å². The lowest BCUT2D eigenvalue weighted by molar-refractivity contribution is -0.903. The molecule has 136 valence electrons. The molecule has 25 heavy (non-hydrogen) atoms. The summed E-state index contributed by atoms with van der Waals surface area (Å²) in [6.07, 6.45) is 10.9. The summed E-state index contributed by atoms with van der Waals surface area (Å²) in [5, 5.41) is 0. The lowest BCUT2D eigenvalue weighted by atomic mass is 10.0. The summed E-state index contributed by atoms with van der Waals surface area (Å²) >= 11 is 0. The lowest BCUT2D eigenvalue weighted by Crippen LogP contribution is -2.39. The molecule has 0 saturated heterocycles. The first-order valence-corrected chi connectivity index (χ1v) is 10.1. The number of hydrogen-bond acceptors (Lipinski definition) is 0. The number of nitrogens with zero attached hydrogens (tertiary/aromatic N) is 1. The van der Waals surface area contributed by atoms with E-state index in [1.165, 1.54) is 69.0 Å². The fourth-order valence-electron chi connectivity index (χ4n) is 3.55.